The van der Waals surface area contributed by atoms with E-state index in [1.807, 2.05) is 6.92 Å². The van der Waals surface area contributed by atoms with Gasteiger partial charge in [0.25, 0.3) is 11.1 Å². The first-order chi connectivity index (χ1) is 14.5. The number of amides is 1. The van der Waals surface area contributed by atoms with Crippen LogP contribution in [-0.4, -0.2) is 60.0 Å². The van der Waals surface area contributed by atoms with Gasteiger partial charge in [-0.1, -0.05) is 11.3 Å². The molecule has 0 unspecified atom stereocenters. The van der Waals surface area contributed by atoms with E-state index >= 15 is 0 Å². The molecule has 3 heterocycles. The van der Waals surface area contributed by atoms with Crippen LogP contribution in [0.4, 0.5) is 4.39 Å². The standard InChI is InChI=1S/C20H26FN3O5S/c1-11(23-12(2)25)8-27-13-3-5-14(6-4-13)28-19-17(21)18-16(7-22-19)24-20(30-18)29-15-9-26-10-15/h7,11,13-15H,3-6,8-10H2,1-2H3,(H,23,25)/t11-,13?,14?/m0/s1. The van der Waals surface area contributed by atoms with Gasteiger partial charge in [0.15, 0.2) is 0 Å². The highest BCUT2D eigenvalue weighted by Gasteiger charge is 2.26. The Morgan fingerprint density at radius 1 is 1.27 bits per heavy atom. The summed E-state index contributed by atoms with van der Waals surface area (Å²) in [6.45, 7) is 4.95. The zero-order chi connectivity index (χ0) is 21.1. The number of halogens is 1. The number of nitrogens with one attached hydrogen (secondary N) is 1. The molecule has 0 radical (unpaired) electrons. The van der Waals surface area contributed by atoms with Crippen LogP contribution in [0, 0.1) is 5.82 Å². The Bertz CT molecular complexity index is 883. The Kier molecular flexibility index (Phi) is 6.64. The number of aromatic nitrogens is 2. The third-order valence-electron chi connectivity index (χ3n) is 5.13. The lowest BCUT2D eigenvalue weighted by Crippen LogP contribution is -2.38. The molecule has 1 aliphatic heterocycles. The molecule has 2 aromatic heterocycles. The number of carbonyl (C=O) groups excluding carboxylic acids is 1. The first kappa shape index (κ1) is 21.2. The summed E-state index contributed by atoms with van der Waals surface area (Å²) in [5, 5.41) is 3.22. The Labute approximate surface area is 178 Å². The average Bonchev–Trinajstić information content (AvgIpc) is 3.10. The molecule has 0 spiro atoms. The van der Waals surface area contributed by atoms with Gasteiger partial charge in [0, 0.05) is 13.0 Å². The number of carbonyl (C=O) groups is 1. The highest BCUT2D eigenvalue weighted by Crippen LogP contribution is 2.35. The molecule has 10 heteroatoms. The van der Waals surface area contributed by atoms with Gasteiger partial charge in [0.2, 0.25) is 11.7 Å². The summed E-state index contributed by atoms with van der Waals surface area (Å²) in [6.07, 6.45) is 4.69. The van der Waals surface area contributed by atoms with Crippen molar-refractivity contribution in [1.82, 2.24) is 15.3 Å². The normalized spacial score (nSPS) is 23.0. The van der Waals surface area contributed by atoms with Crippen molar-refractivity contribution in [3.63, 3.8) is 0 Å². The second kappa shape index (κ2) is 9.40. The number of ether oxygens (including phenoxy) is 4. The summed E-state index contributed by atoms with van der Waals surface area (Å²) in [4.78, 5) is 19.5. The summed E-state index contributed by atoms with van der Waals surface area (Å²) in [5.74, 6) is -0.549. The van der Waals surface area contributed by atoms with E-state index in [1.54, 1.807) is 0 Å². The predicted octanol–water partition coefficient (Wildman–Crippen LogP) is 2.84. The van der Waals surface area contributed by atoms with Crippen LogP contribution in [0.3, 0.4) is 0 Å². The summed E-state index contributed by atoms with van der Waals surface area (Å²) < 4.78 is 37.8. The van der Waals surface area contributed by atoms with E-state index in [2.05, 4.69) is 15.3 Å². The number of fused-ring (bicyclic) bond motifs is 1. The zero-order valence-corrected chi connectivity index (χ0v) is 17.9. The second-order valence-electron chi connectivity index (χ2n) is 7.80. The van der Waals surface area contributed by atoms with Crippen LogP contribution in [0.5, 0.6) is 11.1 Å². The van der Waals surface area contributed by atoms with Crippen molar-refractivity contribution in [3.05, 3.63) is 12.0 Å². The van der Waals surface area contributed by atoms with Gasteiger partial charge in [0.05, 0.1) is 32.1 Å². The van der Waals surface area contributed by atoms with E-state index < -0.39 is 5.82 Å². The summed E-state index contributed by atoms with van der Waals surface area (Å²) in [7, 11) is 0. The largest absolute Gasteiger partial charge is 0.472 e. The topological polar surface area (TPSA) is 91.8 Å². The van der Waals surface area contributed by atoms with Crippen LogP contribution < -0.4 is 14.8 Å². The molecule has 2 aliphatic rings. The number of pyridine rings is 1. The molecule has 30 heavy (non-hydrogen) atoms. The number of hydrogen-bond donors (Lipinski definition) is 1. The molecule has 2 fully saturated rings. The van der Waals surface area contributed by atoms with E-state index in [-0.39, 0.29) is 36.1 Å². The number of nitrogens with zero attached hydrogens (tertiary/aromatic N) is 2. The number of rotatable bonds is 8. The molecule has 4 rings (SSSR count). The maximum atomic E-state index is 14.9. The van der Waals surface area contributed by atoms with E-state index in [0.717, 1.165) is 37.0 Å². The number of thiazole rings is 1. The molecule has 1 saturated carbocycles. The van der Waals surface area contributed by atoms with Gasteiger partial charge >= 0.3 is 0 Å². The minimum atomic E-state index is -0.493. The Morgan fingerprint density at radius 3 is 2.67 bits per heavy atom. The average molecular weight is 440 g/mol. The van der Waals surface area contributed by atoms with E-state index in [1.165, 1.54) is 13.1 Å². The van der Waals surface area contributed by atoms with Crippen LogP contribution in [0.15, 0.2) is 6.20 Å². The highest BCUT2D eigenvalue weighted by atomic mass is 32.1. The lowest BCUT2D eigenvalue weighted by atomic mass is 9.95. The van der Waals surface area contributed by atoms with Crippen molar-refractivity contribution in [3.8, 4) is 11.1 Å². The van der Waals surface area contributed by atoms with Gasteiger partial charge in [-0.15, -0.1) is 0 Å². The zero-order valence-electron chi connectivity index (χ0n) is 17.1. The Morgan fingerprint density at radius 2 is 2.00 bits per heavy atom. The fraction of sp³-hybridized carbons (Fsp3) is 0.650. The minimum absolute atomic E-state index is 0.00771. The van der Waals surface area contributed by atoms with Crippen LogP contribution in [0.25, 0.3) is 10.2 Å². The van der Waals surface area contributed by atoms with Crippen molar-refractivity contribution in [1.29, 1.82) is 0 Å². The van der Waals surface area contributed by atoms with Crippen molar-refractivity contribution in [2.45, 2.75) is 63.9 Å². The highest BCUT2D eigenvalue weighted by molar-refractivity contribution is 7.20. The summed E-state index contributed by atoms with van der Waals surface area (Å²) in [5.41, 5.74) is 0.463. The lowest BCUT2D eigenvalue weighted by Gasteiger charge is -2.29. The van der Waals surface area contributed by atoms with Crippen molar-refractivity contribution in [2.24, 2.45) is 0 Å². The summed E-state index contributed by atoms with van der Waals surface area (Å²) in [6, 6.07) is -0.0217. The molecule has 1 N–H and O–H groups in total. The van der Waals surface area contributed by atoms with Gasteiger partial charge < -0.3 is 24.3 Å². The van der Waals surface area contributed by atoms with Crippen molar-refractivity contribution < 1.29 is 28.1 Å². The molecule has 8 nitrogen and oxygen atoms in total. The second-order valence-corrected chi connectivity index (χ2v) is 8.76. The van der Waals surface area contributed by atoms with Gasteiger partial charge in [-0.2, -0.15) is 4.39 Å². The molecular formula is C20H26FN3O5S. The minimum Gasteiger partial charge on any atom is -0.472 e. The summed E-state index contributed by atoms with van der Waals surface area (Å²) >= 11 is 1.16. The third kappa shape index (κ3) is 5.16. The van der Waals surface area contributed by atoms with Crippen LogP contribution in [0.1, 0.15) is 39.5 Å². The van der Waals surface area contributed by atoms with Gasteiger partial charge in [-0.25, -0.2) is 9.97 Å². The van der Waals surface area contributed by atoms with E-state index in [4.69, 9.17) is 18.9 Å². The van der Waals surface area contributed by atoms with Crippen LogP contribution in [-0.2, 0) is 14.3 Å². The fourth-order valence-corrected chi connectivity index (χ4v) is 4.41. The van der Waals surface area contributed by atoms with Crippen LogP contribution in [0.2, 0.25) is 0 Å². The Balaban J connectivity index is 1.29. The van der Waals surface area contributed by atoms with Gasteiger partial charge in [0.1, 0.15) is 22.4 Å². The smallest absolute Gasteiger partial charge is 0.274 e. The maximum Gasteiger partial charge on any atom is 0.274 e. The Hall–Kier alpha value is -2.04. The predicted molar refractivity (Wildman–Crippen MR) is 109 cm³/mol. The quantitative estimate of drug-likeness (QED) is 0.676. The van der Waals surface area contributed by atoms with Gasteiger partial charge in [-0.05, 0) is 32.6 Å². The first-order valence-electron chi connectivity index (χ1n) is 10.2. The SMILES string of the molecule is CC(=O)N[C@@H](C)COC1CCC(Oc2ncc3nc(OC4COC4)sc3c2F)CC1. The van der Waals surface area contributed by atoms with E-state index in [0.29, 0.717) is 35.2 Å². The van der Waals surface area contributed by atoms with Crippen molar-refractivity contribution >= 4 is 27.5 Å². The lowest BCUT2D eigenvalue weighted by molar-refractivity contribution is -0.120. The van der Waals surface area contributed by atoms with Crippen molar-refractivity contribution in [2.75, 3.05) is 19.8 Å². The fourth-order valence-electron chi connectivity index (χ4n) is 3.53. The molecule has 1 atom stereocenters. The maximum absolute atomic E-state index is 14.9. The molecule has 1 saturated heterocycles. The molecule has 164 valence electrons. The van der Waals surface area contributed by atoms with E-state index in [9.17, 15) is 9.18 Å². The van der Waals surface area contributed by atoms with Crippen LogP contribution >= 0.6 is 11.3 Å². The molecular weight excluding hydrogens is 413 g/mol. The monoisotopic (exact) mass is 439 g/mol. The molecule has 0 aromatic carbocycles. The third-order valence-corrected chi connectivity index (χ3v) is 6.09. The molecule has 2 aromatic rings. The van der Waals surface area contributed by atoms with Gasteiger partial charge in [-0.3, -0.25) is 4.79 Å². The molecule has 0 bridgehead atoms. The number of hydrogen-bond acceptors (Lipinski definition) is 8. The molecule has 1 amide bonds. The molecule has 1 aliphatic carbocycles. The first-order valence-corrected chi connectivity index (χ1v) is 11.0.